The predicted molar refractivity (Wildman–Crippen MR) is 80.1 cm³/mol. The molecule has 0 aliphatic heterocycles. The van der Waals surface area contributed by atoms with Crippen molar-refractivity contribution in [2.24, 2.45) is 0 Å². The van der Waals surface area contributed by atoms with Crippen LogP contribution in [0.5, 0.6) is 0 Å². The first-order valence-electron chi connectivity index (χ1n) is 6.95. The molecule has 0 saturated heterocycles. The van der Waals surface area contributed by atoms with Gasteiger partial charge in [-0.05, 0) is 45.2 Å². The summed E-state index contributed by atoms with van der Waals surface area (Å²) in [5, 5.41) is 6.30. The number of carbonyl (C=O) groups excluding carboxylic acids is 1. The lowest BCUT2D eigenvalue weighted by molar-refractivity contribution is -0.122. The molecule has 0 aromatic heterocycles. The first-order chi connectivity index (χ1) is 8.85. The summed E-state index contributed by atoms with van der Waals surface area (Å²) in [6.07, 6.45) is 0.923. The lowest BCUT2D eigenvalue weighted by atomic mass is 10.0. The van der Waals surface area contributed by atoms with Crippen molar-refractivity contribution in [2.75, 3.05) is 6.54 Å². The molecule has 0 radical (unpaired) electrons. The van der Waals surface area contributed by atoms with Gasteiger partial charge >= 0.3 is 0 Å². The average molecular weight is 262 g/mol. The van der Waals surface area contributed by atoms with Gasteiger partial charge in [0.1, 0.15) is 0 Å². The molecule has 19 heavy (non-hydrogen) atoms. The van der Waals surface area contributed by atoms with E-state index in [0.717, 1.165) is 6.42 Å². The molecule has 0 aliphatic carbocycles. The molecular formula is C16H26N2O. The fraction of sp³-hybridized carbons (Fsp3) is 0.562. The van der Waals surface area contributed by atoms with Crippen molar-refractivity contribution in [3.63, 3.8) is 0 Å². The molecule has 2 N–H and O–H groups in total. The Hall–Kier alpha value is -1.35. The van der Waals surface area contributed by atoms with Crippen LogP contribution in [-0.4, -0.2) is 18.0 Å². The number of amides is 1. The molecule has 0 spiro atoms. The van der Waals surface area contributed by atoms with Crippen LogP contribution in [-0.2, 0) is 4.79 Å². The molecule has 1 atom stereocenters. The maximum atomic E-state index is 11.9. The van der Waals surface area contributed by atoms with Crippen LogP contribution < -0.4 is 10.6 Å². The molecule has 1 unspecified atom stereocenters. The van der Waals surface area contributed by atoms with E-state index in [1.165, 1.54) is 11.1 Å². The Morgan fingerprint density at radius 3 is 2.53 bits per heavy atom. The second-order valence-corrected chi connectivity index (χ2v) is 5.74. The van der Waals surface area contributed by atoms with Gasteiger partial charge in [0.05, 0.1) is 6.54 Å². The molecule has 0 fully saturated rings. The summed E-state index contributed by atoms with van der Waals surface area (Å²) in [6, 6.07) is 8.42. The van der Waals surface area contributed by atoms with Gasteiger partial charge in [-0.3, -0.25) is 4.79 Å². The largest absolute Gasteiger partial charge is 0.350 e. The van der Waals surface area contributed by atoms with E-state index in [-0.39, 0.29) is 17.5 Å². The van der Waals surface area contributed by atoms with Crippen LogP contribution in [0, 0.1) is 6.92 Å². The number of hydrogen-bond acceptors (Lipinski definition) is 2. The van der Waals surface area contributed by atoms with Gasteiger partial charge in [0.15, 0.2) is 0 Å². The number of carbonyl (C=O) groups is 1. The smallest absolute Gasteiger partial charge is 0.234 e. The van der Waals surface area contributed by atoms with Crippen LogP contribution in [0.25, 0.3) is 0 Å². The van der Waals surface area contributed by atoms with E-state index < -0.39 is 0 Å². The molecule has 0 aliphatic rings. The predicted octanol–water partition coefficient (Wildman–Crippen LogP) is 2.95. The van der Waals surface area contributed by atoms with Gasteiger partial charge in [-0.1, -0.05) is 31.2 Å². The summed E-state index contributed by atoms with van der Waals surface area (Å²) in [5.41, 5.74) is 2.35. The summed E-state index contributed by atoms with van der Waals surface area (Å²) in [7, 11) is 0. The Morgan fingerprint density at radius 1 is 1.32 bits per heavy atom. The van der Waals surface area contributed by atoms with E-state index in [4.69, 9.17) is 0 Å². The summed E-state index contributed by atoms with van der Waals surface area (Å²) in [4.78, 5) is 11.9. The molecule has 0 heterocycles. The summed E-state index contributed by atoms with van der Waals surface area (Å²) < 4.78 is 0. The first-order valence-corrected chi connectivity index (χ1v) is 6.95. The number of nitrogens with one attached hydrogen (secondary N) is 2. The lowest BCUT2D eigenvalue weighted by Crippen LogP contribution is -2.46. The minimum absolute atomic E-state index is 0.0484. The zero-order chi connectivity index (χ0) is 14.5. The Bertz CT molecular complexity index is 427. The topological polar surface area (TPSA) is 41.1 Å². The third-order valence-corrected chi connectivity index (χ3v) is 3.59. The molecule has 3 nitrogen and oxygen atoms in total. The molecule has 0 bridgehead atoms. The Labute approximate surface area is 116 Å². The zero-order valence-corrected chi connectivity index (χ0v) is 12.7. The second kappa shape index (κ2) is 6.71. The number of benzene rings is 1. The normalized spacial score (nSPS) is 13.1. The SMILES string of the molecule is CCC(C)(C)NC(=O)CNC(C)c1ccccc1C. The van der Waals surface area contributed by atoms with Gasteiger partial charge in [0.2, 0.25) is 5.91 Å². The third kappa shape index (κ3) is 5.03. The molecule has 1 aromatic rings. The van der Waals surface area contributed by atoms with E-state index >= 15 is 0 Å². The van der Waals surface area contributed by atoms with Crippen LogP contribution in [0.4, 0.5) is 0 Å². The van der Waals surface area contributed by atoms with Crippen molar-refractivity contribution in [1.82, 2.24) is 10.6 Å². The Morgan fingerprint density at radius 2 is 1.95 bits per heavy atom. The zero-order valence-electron chi connectivity index (χ0n) is 12.7. The highest BCUT2D eigenvalue weighted by Crippen LogP contribution is 2.16. The van der Waals surface area contributed by atoms with Crippen LogP contribution in [0.15, 0.2) is 24.3 Å². The van der Waals surface area contributed by atoms with Gasteiger partial charge in [-0.15, -0.1) is 0 Å². The quantitative estimate of drug-likeness (QED) is 0.827. The standard InChI is InChI=1S/C16H26N2O/c1-6-16(4,5)18-15(19)11-17-13(3)14-10-8-7-9-12(14)2/h7-10,13,17H,6,11H2,1-5H3,(H,18,19). The minimum atomic E-state index is -0.134. The maximum Gasteiger partial charge on any atom is 0.234 e. The van der Waals surface area contributed by atoms with E-state index in [1.807, 2.05) is 26.0 Å². The summed E-state index contributed by atoms with van der Waals surface area (Å²) >= 11 is 0. The highest BCUT2D eigenvalue weighted by atomic mass is 16.2. The Balaban J connectivity index is 2.49. The van der Waals surface area contributed by atoms with Gasteiger partial charge in [0, 0.05) is 11.6 Å². The summed E-state index contributed by atoms with van der Waals surface area (Å²) in [5.74, 6) is 0.0484. The number of hydrogen-bond donors (Lipinski definition) is 2. The van der Waals surface area contributed by atoms with Crippen LogP contribution >= 0.6 is 0 Å². The van der Waals surface area contributed by atoms with E-state index in [1.54, 1.807) is 0 Å². The second-order valence-electron chi connectivity index (χ2n) is 5.74. The first kappa shape index (κ1) is 15.7. The molecule has 106 valence electrons. The van der Waals surface area contributed by atoms with Crippen LogP contribution in [0.3, 0.4) is 0 Å². The fourth-order valence-electron chi connectivity index (χ4n) is 1.94. The number of aryl methyl sites for hydroxylation is 1. The van der Waals surface area contributed by atoms with Gasteiger partial charge in [-0.25, -0.2) is 0 Å². The molecule has 3 heteroatoms. The minimum Gasteiger partial charge on any atom is -0.350 e. The van der Waals surface area contributed by atoms with E-state index in [9.17, 15) is 4.79 Å². The molecule has 0 saturated carbocycles. The van der Waals surface area contributed by atoms with E-state index in [0.29, 0.717) is 6.54 Å². The fourth-order valence-corrected chi connectivity index (χ4v) is 1.94. The highest BCUT2D eigenvalue weighted by Gasteiger charge is 2.18. The monoisotopic (exact) mass is 262 g/mol. The summed E-state index contributed by atoms with van der Waals surface area (Å²) in [6.45, 7) is 10.7. The van der Waals surface area contributed by atoms with Gasteiger partial charge < -0.3 is 10.6 Å². The van der Waals surface area contributed by atoms with Crippen molar-refractivity contribution in [2.45, 2.75) is 52.6 Å². The van der Waals surface area contributed by atoms with Crippen LogP contribution in [0.2, 0.25) is 0 Å². The molecular weight excluding hydrogens is 236 g/mol. The molecule has 1 amide bonds. The van der Waals surface area contributed by atoms with Crippen molar-refractivity contribution in [1.29, 1.82) is 0 Å². The van der Waals surface area contributed by atoms with Crippen molar-refractivity contribution < 1.29 is 4.79 Å². The van der Waals surface area contributed by atoms with Crippen molar-refractivity contribution in [3.8, 4) is 0 Å². The maximum absolute atomic E-state index is 11.9. The molecule has 1 aromatic carbocycles. The Kier molecular flexibility index (Phi) is 5.55. The highest BCUT2D eigenvalue weighted by molar-refractivity contribution is 5.78. The van der Waals surface area contributed by atoms with E-state index in [2.05, 4.69) is 43.5 Å². The van der Waals surface area contributed by atoms with Crippen molar-refractivity contribution >= 4 is 5.91 Å². The van der Waals surface area contributed by atoms with Gasteiger partial charge in [0.25, 0.3) is 0 Å². The van der Waals surface area contributed by atoms with Crippen molar-refractivity contribution in [3.05, 3.63) is 35.4 Å². The van der Waals surface area contributed by atoms with Crippen LogP contribution in [0.1, 0.15) is 51.3 Å². The average Bonchev–Trinajstić information content (AvgIpc) is 2.36. The lowest BCUT2D eigenvalue weighted by Gasteiger charge is -2.25. The number of rotatable bonds is 6. The van der Waals surface area contributed by atoms with Gasteiger partial charge in [-0.2, -0.15) is 0 Å². The third-order valence-electron chi connectivity index (χ3n) is 3.59. The molecule has 1 rings (SSSR count).